The molecule has 12 heavy (non-hydrogen) atoms. The van der Waals surface area contributed by atoms with Gasteiger partial charge in [0.25, 0.3) is 0 Å². The van der Waals surface area contributed by atoms with Gasteiger partial charge in [0.05, 0.1) is 7.11 Å². The SMILES string of the molecule is COC(=O)C1(N)CC2(CCC2)C1. The fourth-order valence-electron chi connectivity index (χ4n) is 2.66. The van der Waals surface area contributed by atoms with E-state index >= 15 is 0 Å². The van der Waals surface area contributed by atoms with E-state index in [0.29, 0.717) is 5.41 Å². The van der Waals surface area contributed by atoms with Crippen LogP contribution in [0.15, 0.2) is 0 Å². The summed E-state index contributed by atoms with van der Waals surface area (Å²) < 4.78 is 4.66. The van der Waals surface area contributed by atoms with Crippen LogP contribution in [0, 0.1) is 5.41 Å². The monoisotopic (exact) mass is 169 g/mol. The van der Waals surface area contributed by atoms with Crippen molar-refractivity contribution in [3.8, 4) is 0 Å². The minimum absolute atomic E-state index is 0.236. The molecule has 0 aromatic rings. The van der Waals surface area contributed by atoms with Crippen LogP contribution < -0.4 is 5.73 Å². The molecular weight excluding hydrogens is 154 g/mol. The molecule has 0 radical (unpaired) electrons. The molecule has 2 saturated carbocycles. The normalized spacial score (nSPS) is 28.8. The second-order valence-corrected chi connectivity index (χ2v) is 4.35. The Morgan fingerprint density at radius 2 is 2.00 bits per heavy atom. The summed E-state index contributed by atoms with van der Waals surface area (Å²) in [6, 6.07) is 0. The predicted octanol–water partition coefficient (Wildman–Crippen LogP) is 0.821. The van der Waals surface area contributed by atoms with Crippen molar-refractivity contribution in [2.75, 3.05) is 7.11 Å². The van der Waals surface area contributed by atoms with Crippen molar-refractivity contribution in [2.45, 2.75) is 37.6 Å². The minimum atomic E-state index is -0.644. The van der Waals surface area contributed by atoms with E-state index in [1.807, 2.05) is 0 Å². The number of carbonyl (C=O) groups is 1. The van der Waals surface area contributed by atoms with Crippen LogP contribution in [0.1, 0.15) is 32.1 Å². The third kappa shape index (κ3) is 0.891. The summed E-state index contributed by atoms with van der Waals surface area (Å²) in [6.07, 6.45) is 5.49. The van der Waals surface area contributed by atoms with Crippen LogP contribution in [0.2, 0.25) is 0 Å². The molecule has 0 amide bonds. The van der Waals surface area contributed by atoms with Crippen molar-refractivity contribution >= 4 is 5.97 Å². The zero-order valence-corrected chi connectivity index (χ0v) is 7.43. The van der Waals surface area contributed by atoms with Gasteiger partial charge in [0, 0.05) is 0 Å². The average molecular weight is 169 g/mol. The molecule has 0 saturated heterocycles. The number of nitrogens with two attached hydrogens (primary N) is 1. The van der Waals surface area contributed by atoms with Crippen LogP contribution in [-0.2, 0) is 9.53 Å². The summed E-state index contributed by atoms with van der Waals surface area (Å²) in [5.74, 6) is -0.236. The standard InChI is InChI=1S/C9H15NO2/c1-12-7(11)9(10)5-8(6-9)3-2-4-8/h2-6,10H2,1H3. The smallest absolute Gasteiger partial charge is 0.325 e. The third-order valence-corrected chi connectivity index (χ3v) is 3.39. The second kappa shape index (κ2) is 2.22. The average Bonchev–Trinajstić information content (AvgIpc) is 1.93. The van der Waals surface area contributed by atoms with Crippen molar-refractivity contribution in [2.24, 2.45) is 11.1 Å². The van der Waals surface area contributed by atoms with Crippen LogP contribution in [0.3, 0.4) is 0 Å². The maximum atomic E-state index is 11.2. The van der Waals surface area contributed by atoms with Crippen LogP contribution in [0.5, 0.6) is 0 Å². The molecule has 3 nitrogen and oxygen atoms in total. The number of esters is 1. The van der Waals surface area contributed by atoms with Gasteiger partial charge in [-0.15, -0.1) is 0 Å². The number of ether oxygens (including phenoxy) is 1. The van der Waals surface area contributed by atoms with E-state index in [9.17, 15) is 4.79 Å². The van der Waals surface area contributed by atoms with Gasteiger partial charge in [0.15, 0.2) is 0 Å². The number of hydrogen-bond donors (Lipinski definition) is 1. The van der Waals surface area contributed by atoms with Crippen LogP contribution in [-0.4, -0.2) is 18.6 Å². The van der Waals surface area contributed by atoms with Gasteiger partial charge < -0.3 is 10.5 Å². The predicted molar refractivity (Wildman–Crippen MR) is 44.5 cm³/mol. The zero-order chi connectivity index (χ0) is 8.82. The summed E-state index contributed by atoms with van der Waals surface area (Å²) >= 11 is 0. The third-order valence-electron chi connectivity index (χ3n) is 3.39. The fourth-order valence-corrected chi connectivity index (χ4v) is 2.66. The van der Waals surface area contributed by atoms with Crippen molar-refractivity contribution in [1.29, 1.82) is 0 Å². The Balaban J connectivity index is 1.96. The van der Waals surface area contributed by atoms with E-state index in [1.54, 1.807) is 0 Å². The minimum Gasteiger partial charge on any atom is -0.468 e. The maximum absolute atomic E-state index is 11.2. The number of rotatable bonds is 1. The highest BCUT2D eigenvalue weighted by Crippen LogP contribution is 2.59. The van der Waals surface area contributed by atoms with Crippen molar-refractivity contribution in [3.63, 3.8) is 0 Å². The molecule has 0 atom stereocenters. The molecule has 0 aliphatic heterocycles. The van der Waals surface area contributed by atoms with Crippen molar-refractivity contribution < 1.29 is 9.53 Å². The van der Waals surface area contributed by atoms with E-state index in [0.717, 1.165) is 12.8 Å². The quantitative estimate of drug-likeness (QED) is 0.591. The highest BCUT2D eigenvalue weighted by molar-refractivity contribution is 5.82. The van der Waals surface area contributed by atoms with Gasteiger partial charge in [-0.1, -0.05) is 6.42 Å². The van der Waals surface area contributed by atoms with Crippen molar-refractivity contribution in [3.05, 3.63) is 0 Å². The number of hydrogen-bond acceptors (Lipinski definition) is 3. The lowest BCUT2D eigenvalue weighted by Crippen LogP contribution is -2.65. The number of methoxy groups -OCH3 is 1. The Kier molecular flexibility index (Phi) is 1.49. The van der Waals surface area contributed by atoms with Crippen LogP contribution >= 0.6 is 0 Å². The Morgan fingerprint density at radius 1 is 1.42 bits per heavy atom. The van der Waals surface area contributed by atoms with E-state index in [1.165, 1.54) is 26.4 Å². The van der Waals surface area contributed by atoms with E-state index in [-0.39, 0.29) is 5.97 Å². The van der Waals surface area contributed by atoms with E-state index < -0.39 is 5.54 Å². The zero-order valence-electron chi connectivity index (χ0n) is 7.43. The van der Waals surface area contributed by atoms with Crippen molar-refractivity contribution in [1.82, 2.24) is 0 Å². The molecule has 2 aliphatic carbocycles. The lowest BCUT2D eigenvalue weighted by molar-refractivity contribution is -0.162. The molecule has 2 N–H and O–H groups in total. The molecule has 68 valence electrons. The Morgan fingerprint density at radius 3 is 2.33 bits per heavy atom. The largest absolute Gasteiger partial charge is 0.468 e. The summed E-state index contributed by atoms with van der Waals surface area (Å²) in [5.41, 5.74) is 5.66. The molecule has 0 unspecified atom stereocenters. The first-order chi connectivity index (χ1) is 5.60. The van der Waals surface area contributed by atoms with Gasteiger partial charge in [-0.2, -0.15) is 0 Å². The van der Waals surface area contributed by atoms with Crippen LogP contribution in [0.25, 0.3) is 0 Å². The fraction of sp³-hybridized carbons (Fsp3) is 0.889. The molecule has 0 heterocycles. The molecule has 0 aromatic carbocycles. The highest BCUT2D eigenvalue weighted by Gasteiger charge is 2.59. The second-order valence-electron chi connectivity index (χ2n) is 4.35. The lowest BCUT2D eigenvalue weighted by atomic mass is 9.49. The highest BCUT2D eigenvalue weighted by atomic mass is 16.5. The molecule has 2 aliphatic rings. The Labute approximate surface area is 72.3 Å². The summed E-state index contributed by atoms with van der Waals surface area (Å²) in [7, 11) is 1.41. The molecule has 2 rings (SSSR count). The van der Waals surface area contributed by atoms with Crippen LogP contribution in [0.4, 0.5) is 0 Å². The first-order valence-electron chi connectivity index (χ1n) is 4.48. The van der Waals surface area contributed by atoms with E-state index in [4.69, 9.17) is 5.73 Å². The van der Waals surface area contributed by atoms with Gasteiger partial charge >= 0.3 is 5.97 Å². The van der Waals surface area contributed by atoms with E-state index in [2.05, 4.69) is 4.74 Å². The Hall–Kier alpha value is -0.570. The molecular formula is C9H15NO2. The van der Waals surface area contributed by atoms with Gasteiger partial charge in [0.1, 0.15) is 5.54 Å². The summed E-state index contributed by atoms with van der Waals surface area (Å²) in [6.45, 7) is 0. The van der Waals surface area contributed by atoms with Gasteiger partial charge in [-0.05, 0) is 31.1 Å². The summed E-state index contributed by atoms with van der Waals surface area (Å²) in [4.78, 5) is 11.2. The molecule has 0 aromatic heterocycles. The summed E-state index contributed by atoms with van der Waals surface area (Å²) in [5, 5.41) is 0. The number of carbonyl (C=O) groups excluding carboxylic acids is 1. The lowest BCUT2D eigenvalue weighted by Gasteiger charge is -2.57. The first kappa shape index (κ1) is 8.05. The maximum Gasteiger partial charge on any atom is 0.325 e. The topological polar surface area (TPSA) is 52.3 Å². The molecule has 1 spiro atoms. The van der Waals surface area contributed by atoms with Gasteiger partial charge in [-0.25, -0.2) is 0 Å². The first-order valence-corrected chi connectivity index (χ1v) is 4.48. The molecule has 3 heteroatoms. The van der Waals surface area contributed by atoms with Gasteiger partial charge in [-0.3, -0.25) is 4.79 Å². The van der Waals surface area contributed by atoms with Gasteiger partial charge in [0.2, 0.25) is 0 Å². The Bertz CT molecular complexity index is 213. The molecule has 2 fully saturated rings. The molecule has 0 bridgehead atoms.